The summed E-state index contributed by atoms with van der Waals surface area (Å²) in [5.41, 5.74) is 0.626. The molecule has 2 unspecified atom stereocenters. The molecule has 0 spiro atoms. The zero-order valence-corrected chi connectivity index (χ0v) is 12.7. The van der Waals surface area contributed by atoms with E-state index in [1.54, 1.807) is 18.2 Å². The summed E-state index contributed by atoms with van der Waals surface area (Å²) in [6, 6.07) is 5.04. The Hall–Kier alpha value is -0.780. The summed E-state index contributed by atoms with van der Waals surface area (Å²) in [7, 11) is 0. The van der Waals surface area contributed by atoms with Gasteiger partial charge in [0.05, 0.1) is 21.3 Å². The Balaban J connectivity index is 1.92. The van der Waals surface area contributed by atoms with Gasteiger partial charge >= 0.3 is 6.03 Å². The monoisotopic (exact) mass is 346 g/mol. The molecule has 0 radical (unpaired) electrons. The molecule has 1 saturated carbocycles. The van der Waals surface area contributed by atoms with Crippen LogP contribution in [0.2, 0.25) is 5.02 Å². The number of aliphatic hydroxyl groups excluding tert-OH is 1. The molecule has 1 aliphatic rings. The van der Waals surface area contributed by atoms with Crippen LogP contribution in [-0.2, 0) is 0 Å². The average Bonchev–Trinajstić information content (AvgIpc) is 2.35. The largest absolute Gasteiger partial charge is 0.393 e. The summed E-state index contributed by atoms with van der Waals surface area (Å²) in [4.78, 5) is 11.9. The van der Waals surface area contributed by atoms with Crippen molar-refractivity contribution in [3.05, 3.63) is 27.7 Å². The molecule has 3 N–H and O–H groups in total. The molecule has 1 aliphatic carbocycles. The van der Waals surface area contributed by atoms with E-state index in [9.17, 15) is 9.90 Å². The van der Waals surface area contributed by atoms with E-state index in [1.807, 2.05) is 0 Å². The van der Waals surface area contributed by atoms with Crippen LogP contribution in [0.3, 0.4) is 0 Å². The predicted octanol–water partition coefficient (Wildman–Crippen LogP) is 3.53. The molecule has 1 aromatic carbocycles. The third-order valence-corrected chi connectivity index (χ3v) is 4.58. The lowest BCUT2D eigenvalue weighted by Crippen LogP contribution is -2.41. The second-order valence-electron chi connectivity index (χ2n) is 4.72. The van der Waals surface area contributed by atoms with Crippen molar-refractivity contribution in [1.29, 1.82) is 0 Å². The highest BCUT2D eigenvalue weighted by atomic mass is 79.9. The summed E-state index contributed by atoms with van der Waals surface area (Å²) in [5, 5.41) is 15.7. The summed E-state index contributed by atoms with van der Waals surface area (Å²) in [6.07, 6.45) is 2.97. The number of carbonyl (C=O) groups is 1. The number of rotatable bonds is 2. The van der Waals surface area contributed by atoms with Crippen molar-refractivity contribution in [3.63, 3.8) is 0 Å². The third kappa shape index (κ3) is 4.09. The Morgan fingerprint density at radius 1 is 1.42 bits per heavy atom. The highest BCUT2D eigenvalue weighted by Crippen LogP contribution is 2.30. The van der Waals surface area contributed by atoms with E-state index in [0.717, 1.165) is 19.3 Å². The van der Waals surface area contributed by atoms with Crippen LogP contribution in [0.1, 0.15) is 25.7 Å². The number of anilines is 1. The van der Waals surface area contributed by atoms with Gasteiger partial charge in [-0.3, -0.25) is 0 Å². The van der Waals surface area contributed by atoms with E-state index < -0.39 is 0 Å². The van der Waals surface area contributed by atoms with Crippen LogP contribution in [0.15, 0.2) is 22.7 Å². The number of hydrogen-bond donors (Lipinski definition) is 3. The van der Waals surface area contributed by atoms with Crippen LogP contribution >= 0.6 is 27.5 Å². The number of nitrogens with one attached hydrogen (secondary N) is 2. The van der Waals surface area contributed by atoms with Gasteiger partial charge in [-0.2, -0.15) is 0 Å². The Bertz CT molecular complexity index is 470. The molecule has 2 atom stereocenters. The summed E-state index contributed by atoms with van der Waals surface area (Å²) >= 11 is 9.29. The van der Waals surface area contributed by atoms with Gasteiger partial charge in [0.1, 0.15) is 0 Å². The average molecular weight is 348 g/mol. The van der Waals surface area contributed by atoms with Gasteiger partial charge in [-0.25, -0.2) is 4.79 Å². The minimum Gasteiger partial charge on any atom is -0.393 e. The van der Waals surface area contributed by atoms with Crippen molar-refractivity contribution >= 4 is 39.2 Å². The van der Waals surface area contributed by atoms with Crippen LogP contribution in [0.4, 0.5) is 10.5 Å². The van der Waals surface area contributed by atoms with E-state index >= 15 is 0 Å². The number of halogens is 2. The Kier molecular flexibility index (Phi) is 5.07. The van der Waals surface area contributed by atoms with Crippen molar-refractivity contribution in [2.45, 2.75) is 37.8 Å². The second-order valence-corrected chi connectivity index (χ2v) is 5.92. The number of urea groups is 1. The number of amides is 2. The molecule has 2 amide bonds. The lowest BCUT2D eigenvalue weighted by Gasteiger charge is -2.26. The maximum atomic E-state index is 11.9. The van der Waals surface area contributed by atoms with E-state index in [2.05, 4.69) is 26.6 Å². The molecule has 0 aliphatic heterocycles. The quantitative estimate of drug-likeness (QED) is 0.766. The molecule has 0 aromatic heterocycles. The molecule has 0 heterocycles. The standard InChI is InChI=1S/C13H16BrClN2O2/c14-12-10(15)5-2-6-11(12)17-13(19)16-8-3-1-4-9(18)7-8/h2,5-6,8-9,18H,1,3-4,7H2,(H2,16,17,19). The smallest absolute Gasteiger partial charge is 0.319 e. The number of aliphatic hydroxyl groups is 1. The van der Waals surface area contributed by atoms with Gasteiger partial charge in [0.2, 0.25) is 0 Å². The minimum atomic E-state index is -0.308. The Morgan fingerprint density at radius 3 is 2.95 bits per heavy atom. The van der Waals surface area contributed by atoms with Crippen LogP contribution in [0, 0.1) is 0 Å². The zero-order chi connectivity index (χ0) is 13.8. The van der Waals surface area contributed by atoms with Gasteiger partial charge in [-0.05, 0) is 53.7 Å². The number of hydrogen-bond acceptors (Lipinski definition) is 2. The molecule has 1 aromatic rings. The highest BCUT2D eigenvalue weighted by Gasteiger charge is 2.21. The Morgan fingerprint density at radius 2 is 2.21 bits per heavy atom. The Labute approximate surface area is 125 Å². The van der Waals surface area contributed by atoms with Crippen LogP contribution in [0.5, 0.6) is 0 Å². The third-order valence-electron chi connectivity index (χ3n) is 3.18. The fourth-order valence-electron chi connectivity index (χ4n) is 2.24. The molecule has 104 valence electrons. The molecular formula is C13H16BrClN2O2. The van der Waals surface area contributed by atoms with Crippen LogP contribution < -0.4 is 10.6 Å². The lowest BCUT2D eigenvalue weighted by atomic mass is 9.93. The maximum absolute atomic E-state index is 11.9. The first-order valence-corrected chi connectivity index (χ1v) is 7.43. The zero-order valence-electron chi connectivity index (χ0n) is 10.3. The molecule has 0 saturated heterocycles. The van der Waals surface area contributed by atoms with Gasteiger partial charge in [0.15, 0.2) is 0 Å². The molecule has 4 nitrogen and oxygen atoms in total. The van der Waals surface area contributed by atoms with Crippen LogP contribution in [0.25, 0.3) is 0 Å². The first-order chi connectivity index (χ1) is 9.06. The van der Waals surface area contributed by atoms with Gasteiger partial charge in [-0.15, -0.1) is 0 Å². The summed E-state index contributed by atoms with van der Waals surface area (Å²) in [5.74, 6) is 0. The fourth-order valence-corrected chi connectivity index (χ4v) is 2.78. The number of benzene rings is 1. The molecule has 6 heteroatoms. The van der Waals surface area contributed by atoms with E-state index in [1.165, 1.54) is 0 Å². The molecule has 1 fully saturated rings. The fraction of sp³-hybridized carbons (Fsp3) is 0.462. The first kappa shape index (κ1) is 14.6. The molecule has 2 rings (SSSR count). The number of carbonyl (C=O) groups excluding carboxylic acids is 1. The second kappa shape index (κ2) is 6.59. The molecule has 0 bridgehead atoms. The van der Waals surface area contributed by atoms with Crippen molar-refractivity contribution in [3.8, 4) is 0 Å². The predicted molar refractivity (Wildman–Crippen MR) is 79.6 cm³/mol. The molecule has 19 heavy (non-hydrogen) atoms. The van der Waals surface area contributed by atoms with Crippen molar-refractivity contribution in [2.75, 3.05) is 5.32 Å². The SMILES string of the molecule is O=C(Nc1cccc(Cl)c1Br)NC1CCCC(O)C1. The van der Waals surface area contributed by atoms with Gasteiger partial charge in [0, 0.05) is 6.04 Å². The van der Waals surface area contributed by atoms with Crippen molar-refractivity contribution in [1.82, 2.24) is 5.32 Å². The lowest BCUT2D eigenvalue weighted by molar-refractivity contribution is 0.114. The van der Waals surface area contributed by atoms with Gasteiger partial charge < -0.3 is 15.7 Å². The van der Waals surface area contributed by atoms with Crippen molar-refractivity contribution in [2.24, 2.45) is 0 Å². The van der Waals surface area contributed by atoms with E-state index in [0.29, 0.717) is 21.6 Å². The minimum absolute atomic E-state index is 0.0294. The van der Waals surface area contributed by atoms with E-state index in [4.69, 9.17) is 11.6 Å². The topological polar surface area (TPSA) is 61.4 Å². The summed E-state index contributed by atoms with van der Waals surface area (Å²) in [6.45, 7) is 0. The normalized spacial score (nSPS) is 22.9. The summed E-state index contributed by atoms with van der Waals surface area (Å²) < 4.78 is 0.662. The highest BCUT2D eigenvalue weighted by molar-refractivity contribution is 9.10. The molecular weight excluding hydrogens is 332 g/mol. The first-order valence-electron chi connectivity index (χ1n) is 6.26. The van der Waals surface area contributed by atoms with Gasteiger partial charge in [-0.1, -0.05) is 17.7 Å². The maximum Gasteiger partial charge on any atom is 0.319 e. The van der Waals surface area contributed by atoms with Gasteiger partial charge in [0.25, 0.3) is 0 Å². The van der Waals surface area contributed by atoms with E-state index in [-0.39, 0.29) is 18.2 Å². The van der Waals surface area contributed by atoms with Crippen molar-refractivity contribution < 1.29 is 9.90 Å². The van der Waals surface area contributed by atoms with Crippen LogP contribution in [-0.4, -0.2) is 23.3 Å².